The van der Waals surface area contributed by atoms with E-state index in [0.717, 1.165) is 60.8 Å². The predicted molar refractivity (Wildman–Crippen MR) is 201 cm³/mol. The smallest absolute Gasteiger partial charge is 0.187 e. The second-order valence-electron chi connectivity index (χ2n) is 11.9. The van der Waals surface area contributed by atoms with Crippen molar-refractivity contribution in [3.8, 4) is 73.6 Å². The van der Waals surface area contributed by atoms with Gasteiger partial charge in [-0.25, -0.2) is 19.8 Å². The Morgan fingerprint density at radius 2 is 0.860 bits per heavy atom. The van der Waals surface area contributed by atoms with Gasteiger partial charge in [-0.3, -0.25) is 0 Å². The van der Waals surface area contributed by atoms with E-state index in [1.54, 1.807) is 0 Å². The summed E-state index contributed by atoms with van der Waals surface area (Å²) in [6.45, 7) is 7.28. The van der Waals surface area contributed by atoms with E-state index in [2.05, 4.69) is 71.6 Å². The Labute approximate surface area is 290 Å². The summed E-state index contributed by atoms with van der Waals surface area (Å²) in [5.74, 6) is 1.87. The Morgan fingerprint density at radius 3 is 1.38 bits per heavy atom. The number of nitriles is 1. The highest BCUT2D eigenvalue weighted by atomic mass is 15.0. The van der Waals surface area contributed by atoms with Gasteiger partial charge < -0.3 is 0 Å². The molecule has 0 fully saturated rings. The molecule has 0 aliphatic rings. The molecule has 1 aromatic heterocycles. The minimum Gasteiger partial charge on any atom is -0.238 e. The highest BCUT2D eigenvalue weighted by molar-refractivity contribution is 6.05. The molecule has 5 heteroatoms. The van der Waals surface area contributed by atoms with Crippen molar-refractivity contribution in [3.05, 3.63) is 181 Å². The van der Waals surface area contributed by atoms with Crippen LogP contribution in [0.15, 0.2) is 164 Å². The molecule has 0 amide bonds. The summed E-state index contributed by atoms with van der Waals surface area (Å²) in [4.78, 5) is 18.1. The van der Waals surface area contributed by atoms with E-state index in [0.29, 0.717) is 28.7 Å². The Hall–Kier alpha value is -7.21. The molecule has 0 unspecified atom stereocenters. The molecular formula is C45H27N5. The van der Waals surface area contributed by atoms with Crippen LogP contribution in [0.25, 0.3) is 83.2 Å². The van der Waals surface area contributed by atoms with Gasteiger partial charge in [-0.2, -0.15) is 5.26 Å². The van der Waals surface area contributed by atoms with Crippen molar-refractivity contribution in [3.63, 3.8) is 0 Å². The zero-order chi connectivity index (χ0) is 33.9. The van der Waals surface area contributed by atoms with E-state index in [4.69, 9.17) is 21.5 Å². The van der Waals surface area contributed by atoms with E-state index < -0.39 is 0 Å². The van der Waals surface area contributed by atoms with Crippen LogP contribution in [0.2, 0.25) is 0 Å². The summed E-state index contributed by atoms with van der Waals surface area (Å²) in [6.07, 6.45) is 0. The van der Waals surface area contributed by atoms with Gasteiger partial charge >= 0.3 is 0 Å². The maximum Gasteiger partial charge on any atom is 0.187 e. The number of fused-ring (bicyclic) bond motifs is 1. The summed E-state index contributed by atoms with van der Waals surface area (Å²) in [5.41, 5.74) is 10.0. The number of aromatic nitrogens is 3. The topological polar surface area (TPSA) is 66.8 Å². The number of rotatable bonds is 6. The van der Waals surface area contributed by atoms with Crippen molar-refractivity contribution in [2.75, 3.05) is 0 Å². The van der Waals surface area contributed by atoms with Gasteiger partial charge in [0.1, 0.15) is 0 Å². The number of benzene rings is 7. The molecule has 0 bridgehead atoms. The minimum atomic E-state index is 0.583. The highest BCUT2D eigenvalue weighted by Crippen LogP contribution is 2.38. The highest BCUT2D eigenvalue weighted by Gasteiger charge is 2.15. The molecule has 0 radical (unpaired) electrons. The van der Waals surface area contributed by atoms with E-state index >= 15 is 0 Å². The third-order valence-electron chi connectivity index (χ3n) is 8.78. The normalized spacial score (nSPS) is 10.8. The van der Waals surface area contributed by atoms with Gasteiger partial charge in [-0.15, -0.1) is 0 Å². The summed E-state index contributed by atoms with van der Waals surface area (Å²) < 4.78 is 0. The fourth-order valence-electron chi connectivity index (χ4n) is 6.28. The van der Waals surface area contributed by atoms with E-state index in [1.807, 2.05) is 103 Å². The van der Waals surface area contributed by atoms with Gasteiger partial charge in [-0.1, -0.05) is 146 Å². The van der Waals surface area contributed by atoms with Crippen LogP contribution < -0.4 is 0 Å². The zero-order valence-corrected chi connectivity index (χ0v) is 26.8. The average molecular weight is 638 g/mol. The lowest BCUT2D eigenvalue weighted by atomic mass is 9.90. The fourth-order valence-corrected chi connectivity index (χ4v) is 6.28. The lowest BCUT2D eigenvalue weighted by molar-refractivity contribution is 1.07. The van der Waals surface area contributed by atoms with Crippen LogP contribution in [0.4, 0.5) is 5.69 Å². The quantitative estimate of drug-likeness (QED) is 0.170. The molecule has 0 saturated heterocycles. The van der Waals surface area contributed by atoms with Gasteiger partial charge in [0, 0.05) is 16.7 Å². The summed E-state index contributed by atoms with van der Waals surface area (Å²) >= 11 is 0. The monoisotopic (exact) mass is 637 g/mol. The van der Waals surface area contributed by atoms with Crippen molar-refractivity contribution in [2.24, 2.45) is 0 Å². The van der Waals surface area contributed by atoms with Crippen molar-refractivity contribution < 1.29 is 0 Å². The maximum absolute atomic E-state index is 9.92. The van der Waals surface area contributed by atoms with Gasteiger partial charge in [0.25, 0.3) is 0 Å². The van der Waals surface area contributed by atoms with Gasteiger partial charge in [0.15, 0.2) is 23.2 Å². The van der Waals surface area contributed by atoms with Crippen LogP contribution in [0.3, 0.4) is 0 Å². The molecule has 0 spiro atoms. The minimum absolute atomic E-state index is 0.583. The Kier molecular flexibility index (Phi) is 7.91. The molecule has 0 atom stereocenters. The van der Waals surface area contributed by atoms with Crippen LogP contribution in [0.1, 0.15) is 5.56 Å². The molecule has 0 N–H and O–H groups in total. The maximum atomic E-state index is 9.92. The standard InChI is InChI=1S/C45H27N5/c1-47-38-22-20-31(21-23-38)36-26-30(29-46)27-37(28-36)40-25-24-39(41-14-8-9-15-42(40)41)32-16-18-35(19-17-32)45-49-43(33-10-4-2-5-11-33)48-44(50-45)34-12-6-3-7-13-34/h2-28H. The number of nitrogens with zero attached hydrogens (tertiary/aromatic N) is 5. The van der Waals surface area contributed by atoms with Crippen LogP contribution in [0, 0.1) is 17.9 Å². The van der Waals surface area contributed by atoms with Gasteiger partial charge in [-0.05, 0) is 62.4 Å². The van der Waals surface area contributed by atoms with E-state index in [9.17, 15) is 5.26 Å². The van der Waals surface area contributed by atoms with Crippen LogP contribution in [-0.4, -0.2) is 15.0 Å². The Balaban J connectivity index is 1.19. The third-order valence-corrected chi connectivity index (χ3v) is 8.78. The SMILES string of the molecule is [C-]#[N+]c1ccc(-c2cc(C#N)cc(-c3ccc(-c4ccc(-c5nc(-c6ccccc6)nc(-c6ccccc6)n5)cc4)c4ccccc34)c2)cc1. The number of hydrogen-bond donors (Lipinski definition) is 0. The molecule has 232 valence electrons. The molecule has 8 rings (SSSR count). The molecule has 7 aromatic carbocycles. The second kappa shape index (κ2) is 13.1. The molecular weight excluding hydrogens is 611 g/mol. The fraction of sp³-hybridized carbons (Fsp3) is 0. The second-order valence-corrected chi connectivity index (χ2v) is 11.9. The summed E-state index contributed by atoms with van der Waals surface area (Å²) in [5, 5.41) is 12.1. The largest absolute Gasteiger partial charge is 0.238 e. The molecule has 0 aliphatic carbocycles. The average Bonchev–Trinajstić information content (AvgIpc) is 3.21. The van der Waals surface area contributed by atoms with E-state index in [-0.39, 0.29) is 0 Å². The molecule has 0 aliphatic heterocycles. The first kappa shape index (κ1) is 30.1. The summed E-state index contributed by atoms with van der Waals surface area (Å²) in [7, 11) is 0. The van der Waals surface area contributed by atoms with Crippen molar-refractivity contribution >= 4 is 16.5 Å². The van der Waals surface area contributed by atoms with Crippen molar-refractivity contribution in [2.45, 2.75) is 0 Å². The third kappa shape index (κ3) is 5.88. The first-order valence-corrected chi connectivity index (χ1v) is 16.2. The molecule has 1 heterocycles. The number of hydrogen-bond acceptors (Lipinski definition) is 4. The molecule has 50 heavy (non-hydrogen) atoms. The predicted octanol–water partition coefficient (Wildman–Crippen LogP) is 11.4. The van der Waals surface area contributed by atoms with Gasteiger partial charge in [0.2, 0.25) is 0 Å². The first-order chi connectivity index (χ1) is 24.7. The molecule has 5 nitrogen and oxygen atoms in total. The first-order valence-electron chi connectivity index (χ1n) is 16.2. The van der Waals surface area contributed by atoms with E-state index in [1.165, 1.54) is 0 Å². The molecule has 0 saturated carbocycles. The van der Waals surface area contributed by atoms with Crippen LogP contribution >= 0.6 is 0 Å². The van der Waals surface area contributed by atoms with Crippen LogP contribution in [0.5, 0.6) is 0 Å². The van der Waals surface area contributed by atoms with Gasteiger partial charge in [0.05, 0.1) is 18.2 Å². The summed E-state index contributed by atoms with van der Waals surface area (Å²) in [6, 6.07) is 56.8. The Bertz CT molecular complexity index is 2520. The van der Waals surface area contributed by atoms with Crippen LogP contribution in [-0.2, 0) is 0 Å². The lowest BCUT2D eigenvalue weighted by Gasteiger charge is -2.14. The lowest BCUT2D eigenvalue weighted by Crippen LogP contribution is -2.00. The van der Waals surface area contributed by atoms with Crippen molar-refractivity contribution in [1.82, 2.24) is 15.0 Å². The Morgan fingerprint density at radius 1 is 0.420 bits per heavy atom. The molecule has 8 aromatic rings. The van der Waals surface area contributed by atoms with Crippen molar-refractivity contribution in [1.29, 1.82) is 5.26 Å². The zero-order valence-electron chi connectivity index (χ0n) is 26.8.